The third-order valence-electron chi connectivity index (χ3n) is 3.99. The van der Waals surface area contributed by atoms with Crippen molar-refractivity contribution in [3.8, 4) is 0 Å². The van der Waals surface area contributed by atoms with Gasteiger partial charge < -0.3 is 14.9 Å². The lowest BCUT2D eigenvalue weighted by Crippen LogP contribution is -2.42. The molecule has 108 valence electrons. The summed E-state index contributed by atoms with van der Waals surface area (Å²) in [5.74, 6) is 0. The van der Waals surface area contributed by atoms with E-state index < -0.39 is 0 Å². The molecule has 0 spiro atoms. The maximum Gasteiger partial charge on any atom is 0.0932 e. The summed E-state index contributed by atoms with van der Waals surface area (Å²) in [5, 5.41) is 10.1. The van der Waals surface area contributed by atoms with E-state index >= 15 is 0 Å². The first kappa shape index (κ1) is 15.3. The summed E-state index contributed by atoms with van der Waals surface area (Å²) in [7, 11) is 4.35. The second kappa shape index (κ2) is 7.04. The number of nitrogens with zero attached hydrogens (tertiary/aromatic N) is 2. The monoisotopic (exact) mass is 302 g/mol. The third-order valence-corrected chi connectivity index (χ3v) is 5.32. The molecule has 1 aliphatic heterocycles. The molecule has 1 aromatic rings. The summed E-state index contributed by atoms with van der Waals surface area (Å²) in [6.07, 6.45) is 2.85. The van der Waals surface area contributed by atoms with Crippen LogP contribution in [0.5, 0.6) is 0 Å². The van der Waals surface area contributed by atoms with E-state index in [0.717, 1.165) is 22.2 Å². The van der Waals surface area contributed by atoms with Gasteiger partial charge >= 0.3 is 0 Å². The van der Waals surface area contributed by atoms with Crippen LogP contribution in [0.1, 0.15) is 30.2 Å². The summed E-state index contributed by atoms with van der Waals surface area (Å²) in [5.41, 5.74) is 0. The lowest BCUT2D eigenvalue weighted by molar-refractivity contribution is 0.111. The van der Waals surface area contributed by atoms with Gasteiger partial charge in [0, 0.05) is 17.5 Å². The number of thiophene rings is 1. The number of rotatable bonds is 5. The number of piperidine rings is 1. The normalized spacial score (nSPS) is 20.1. The van der Waals surface area contributed by atoms with Gasteiger partial charge in [0.05, 0.1) is 10.4 Å². The van der Waals surface area contributed by atoms with Crippen molar-refractivity contribution in [2.45, 2.75) is 31.4 Å². The van der Waals surface area contributed by atoms with Crippen molar-refractivity contribution in [2.24, 2.45) is 0 Å². The van der Waals surface area contributed by atoms with Crippen LogP contribution in [0.4, 0.5) is 0 Å². The van der Waals surface area contributed by atoms with E-state index in [1.165, 1.54) is 37.3 Å². The van der Waals surface area contributed by atoms with Crippen molar-refractivity contribution in [1.82, 2.24) is 9.80 Å². The van der Waals surface area contributed by atoms with Crippen LogP contribution in [-0.4, -0.2) is 54.7 Å². The molecular formula is C14H23ClN2OS. The van der Waals surface area contributed by atoms with E-state index in [1.807, 2.05) is 12.1 Å². The zero-order chi connectivity index (χ0) is 13.8. The summed E-state index contributed by atoms with van der Waals surface area (Å²) >= 11 is 7.37. The van der Waals surface area contributed by atoms with Crippen molar-refractivity contribution in [3.05, 3.63) is 21.3 Å². The number of hydrogen-bond acceptors (Lipinski definition) is 4. The second-order valence-corrected chi connectivity index (χ2v) is 7.21. The molecule has 1 N–H and O–H groups in total. The molecule has 1 aromatic heterocycles. The predicted molar refractivity (Wildman–Crippen MR) is 82.1 cm³/mol. The van der Waals surface area contributed by atoms with Crippen molar-refractivity contribution >= 4 is 22.9 Å². The fourth-order valence-corrected chi connectivity index (χ4v) is 3.68. The Morgan fingerprint density at radius 3 is 2.74 bits per heavy atom. The molecule has 0 bridgehead atoms. The van der Waals surface area contributed by atoms with Gasteiger partial charge in [0.15, 0.2) is 0 Å². The molecule has 0 aliphatic carbocycles. The van der Waals surface area contributed by atoms with E-state index in [0.29, 0.717) is 6.04 Å². The Labute approximate surface area is 124 Å². The van der Waals surface area contributed by atoms with Crippen LogP contribution in [0.25, 0.3) is 0 Å². The van der Waals surface area contributed by atoms with E-state index in [2.05, 4.69) is 23.9 Å². The van der Waals surface area contributed by atoms with Crippen molar-refractivity contribution in [1.29, 1.82) is 0 Å². The first-order valence-corrected chi connectivity index (χ1v) is 8.08. The molecule has 2 heterocycles. The highest BCUT2D eigenvalue weighted by Gasteiger charge is 2.21. The lowest BCUT2D eigenvalue weighted by Gasteiger charge is -2.35. The fraction of sp³-hybridized carbons (Fsp3) is 0.714. The van der Waals surface area contributed by atoms with E-state index in [1.54, 1.807) is 0 Å². The summed E-state index contributed by atoms with van der Waals surface area (Å²) < 4.78 is 0.748. The minimum atomic E-state index is -0.383. The van der Waals surface area contributed by atoms with Gasteiger partial charge in [-0.25, -0.2) is 0 Å². The minimum absolute atomic E-state index is 0.383. The molecule has 1 aliphatic rings. The van der Waals surface area contributed by atoms with Gasteiger partial charge in [0.25, 0.3) is 0 Å². The molecule has 0 amide bonds. The molecule has 0 saturated carbocycles. The van der Waals surface area contributed by atoms with E-state index in [9.17, 15) is 5.11 Å². The second-order valence-electron chi connectivity index (χ2n) is 5.46. The summed E-state index contributed by atoms with van der Waals surface area (Å²) in [6, 6.07) is 4.44. The Hall–Kier alpha value is -0.130. The Balaban J connectivity index is 1.75. The molecule has 2 rings (SSSR count). The average Bonchev–Trinajstić information content (AvgIpc) is 2.83. The van der Waals surface area contributed by atoms with Crippen LogP contribution in [0.2, 0.25) is 4.34 Å². The molecule has 19 heavy (non-hydrogen) atoms. The smallest absolute Gasteiger partial charge is 0.0932 e. The average molecular weight is 303 g/mol. The van der Waals surface area contributed by atoms with Gasteiger partial charge in [-0.2, -0.15) is 0 Å². The first-order valence-electron chi connectivity index (χ1n) is 6.88. The van der Waals surface area contributed by atoms with Gasteiger partial charge in [0.1, 0.15) is 0 Å². The molecular weight excluding hydrogens is 280 g/mol. The third kappa shape index (κ3) is 4.43. The van der Waals surface area contributed by atoms with Gasteiger partial charge in [-0.05, 0) is 58.6 Å². The zero-order valence-electron chi connectivity index (χ0n) is 11.7. The Morgan fingerprint density at radius 1 is 1.47 bits per heavy atom. The number of hydrogen-bond donors (Lipinski definition) is 1. The zero-order valence-corrected chi connectivity index (χ0v) is 13.3. The minimum Gasteiger partial charge on any atom is -0.388 e. The fourth-order valence-electron chi connectivity index (χ4n) is 2.59. The van der Waals surface area contributed by atoms with Gasteiger partial charge in [-0.1, -0.05) is 11.6 Å². The van der Waals surface area contributed by atoms with Crippen LogP contribution >= 0.6 is 22.9 Å². The first-order chi connectivity index (χ1) is 9.06. The lowest BCUT2D eigenvalue weighted by atomic mass is 10.0. The Kier molecular flexibility index (Phi) is 5.66. The van der Waals surface area contributed by atoms with Crippen molar-refractivity contribution < 1.29 is 5.11 Å². The molecule has 0 radical (unpaired) electrons. The highest BCUT2D eigenvalue weighted by atomic mass is 35.5. The number of likely N-dealkylation sites (tertiary alicyclic amines) is 1. The summed E-state index contributed by atoms with van der Waals surface area (Å²) in [6.45, 7) is 3.29. The Bertz CT molecular complexity index is 391. The van der Waals surface area contributed by atoms with Gasteiger partial charge in [-0.15, -0.1) is 11.3 Å². The topological polar surface area (TPSA) is 26.7 Å². The van der Waals surface area contributed by atoms with Crippen LogP contribution in [0.15, 0.2) is 12.1 Å². The standard InChI is InChI=1S/C14H23ClN2OS/c1-16-8-5-11(6-9-16)17(2)10-7-12(18)13-3-4-14(15)19-13/h3-4,11-12,18H,5-10H2,1-2H3. The highest BCUT2D eigenvalue weighted by molar-refractivity contribution is 7.16. The van der Waals surface area contributed by atoms with Crippen LogP contribution in [-0.2, 0) is 0 Å². The summed E-state index contributed by atoms with van der Waals surface area (Å²) in [4.78, 5) is 5.75. The van der Waals surface area contributed by atoms with E-state index in [-0.39, 0.29) is 6.10 Å². The maximum atomic E-state index is 10.1. The highest BCUT2D eigenvalue weighted by Crippen LogP contribution is 2.29. The van der Waals surface area contributed by atoms with Crippen molar-refractivity contribution in [3.63, 3.8) is 0 Å². The predicted octanol–water partition coefficient (Wildman–Crippen LogP) is 2.85. The maximum absolute atomic E-state index is 10.1. The van der Waals surface area contributed by atoms with Crippen LogP contribution in [0.3, 0.4) is 0 Å². The SMILES string of the molecule is CN1CCC(N(C)CCC(O)c2ccc(Cl)s2)CC1. The van der Waals surface area contributed by atoms with Crippen molar-refractivity contribution in [2.75, 3.05) is 33.7 Å². The number of halogens is 1. The molecule has 1 atom stereocenters. The van der Waals surface area contributed by atoms with E-state index in [4.69, 9.17) is 11.6 Å². The molecule has 1 unspecified atom stereocenters. The number of aliphatic hydroxyl groups is 1. The van der Waals surface area contributed by atoms with Gasteiger partial charge in [-0.3, -0.25) is 0 Å². The van der Waals surface area contributed by atoms with Crippen LogP contribution in [0, 0.1) is 0 Å². The van der Waals surface area contributed by atoms with Crippen LogP contribution < -0.4 is 0 Å². The Morgan fingerprint density at radius 2 is 2.16 bits per heavy atom. The number of aliphatic hydroxyl groups excluding tert-OH is 1. The molecule has 1 fully saturated rings. The van der Waals surface area contributed by atoms with Gasteiger partial charge in [0.2, 0.25) is 0 Å². The molecule has 0 aromatic carbocycles. The molecule has 3 nitrogen and oxygen atoms in total. The largest absolute Gasteiger partial charge is 0.388 e. The quantitative estimate of drug-likeness (QED) is 0.906. The molecule has 1 saturated heterocycles. The molecule has 5 heteroatoms.